The quantitative estimate of drug-likeness (QED) is 0.670. The van der Waals surface area contributed by atoms with E-state index in [1.807, 2.05) is 34.9 Å². The highest BCUT2D eigenvalue weighted by Crippen LogP contribution is 2.28. The van der Waals surface area contributed by atoms with Gasteiger partial charge in [-0.2, -0.15) is 0 Å². The lowest BCUT2D eigenvalue weighted by atomic mass is 10.2. The average molecular weight is 397 g/mol. The zero-order valence-corrected chi connectivity index (χ0v) is 15.5. The van der Waals surface area contributed by atoms with E-state index in [0.29, 0.717) is 29.6 Å². The lowest BCUT2D eigenvalue weighted by molar-refractivity contribution is -0.124. The lowest BCUT2D eigenvalue weighted by Crippen LogP contribution is -2.35. The Morgan fingerprint density at radius 3 is 2.54 bits per heavy atom. The Morgan fingerprint density at radius 2 is 1.86 bits per heavy atom. The van der Waals surface area contributed by atoms with E-state index < -0.39 is 0 Å². The third kappa shape index (κ3) is 3.61. The number of halogens is 1. The minimum Gasteiger partial charge on any atom is -0.336 e. The molecule has 2 heterocycles. The van der Waals surface area contributed by atoms with E-state index in [1.54, 1.807) is 12.1 Å². The lowest BCUT2D eigenvalue weighted by Gasteiger charge is -2.13. The first-order valence-corrected chi connectivity index (χ1v) is 9.60. The van der Waals surface area contributed by atoms with Crippen LogP contribution in [0.3, 0.4) is 0 Å². The second kappa shape index (κ2) is 7.81. The van der Waals surface area contributed by atoms with Gasteiger partial charge in [0.2, 0.25) is 5.91 Å². The maximum Gasteiger partial charge on any atom is 0.324 e. The number of amides is 3. The molecule has 3 amide bonds. The summed E-state index contributed by atoms with van der Waals surface area (Å²) in [6.07, 6.45) is 0. The van der Waals surface area contributed by atoms with Crippen LogP contribution in [0.5, 0.6) is 0 Å². The smallest absolute Gasteiger partial charge is 0.324 e. The first-order chi connectivity index (χ1) is 13.6. The number of hydrogen-bond donors (Lipinski definition) is 1. The van der Waals surface area contributed by atoms with Gasteiger partial charge in [-0.05, 0) is 36.4 Å². The summed E-state index contributed by atoms with van der Waals surface area (Å²) < 4.78 is 15.1. The molecule has 9 heteroatoms. The number of urea groups is 1. The number of rotatable bonds is 5. The highest BCUT2D eigenvalue weighted by Gasteiger charge is 2.27. The van der Waals surface area contributed by atoms with Gasteiger partial charge in [0.15, 0.2) is 11.0 Å². The van der Waals surface area contributed by atoms with Gasteiger partial charge in [-0.3, -0.25) is 14.3 Å². The summed E-state index contributed by atoms with van der Waals surface area (Å²) in [4.78, 5) is 25.2. The van der Waals surface area contributed by atoms with Crippen LogP contribution in [0.15, 0.2) is 59.8 Å². The van der Waals surface area contributed by atoms with Gasteiger partial charge in [-0.1, -0.05) is 30.0 Å². The largest absolute Gasteiger partial charge is 0.336 e. The van der Waals surface area contributed by atoms with E-state index in [9.17, 15) is 14.0 Å². The Labute approximate surface area is 164 Å². The Kier molecular flexibility index (Phi) is 5.07. The van der Waals surface area contributed by atoms with Gasteiger partial charge in [-0.25, -0.2) is 9.18 Å². The van der Waals surface area contributed by atoms with Crippen LogP contribution in [0.4, 0.5) is 9.18 Å². The summed E-state index contributed by atoms with van der Waals surface area (Å²) in [5, 5.41) is 11.6. The Morgan fingerprint density at radius 1 is 1.11 bits per heavy atom. The molecule has 2 aromatic carbocycles. The van der Waals surface area contributed by atoms with Crippen molar-refractivity contribution in [3.63, 3.8) is 0 Å². The fraction of sp³-hybridized carbons (Fsp3) is 0.158. The molecule has 0 spiro atoms. The van der Waals surface area contributed by atoms with Crippen LogP contribution in [-0.4, -0.2) is 50.4 Å². The van der Waals surface area contributed by atoms with Crippen molar-refractivity contribution < 1.29 is 14.0 Å². The van der Waals surface area contributed by atoms with Crippen molar-refractivity contribution in [3.8, 4) is 17.1 Å². The molecule has 3 aromatic rings. The molecule has 1 aliphatic heterocycles. The van der Waals surface area contributed by atoms with Crippen LogP contribution < -0.4 is 5.32 Å². The van der Waals surface area contributed by atoms with Crippen LogP contribution in [0.25, 0.3) is 17.1 Å². The number of hydrogen-bond acceptors (Lipinski definition) is 5. The molecule has 1 aliphatic rings. The van der Waals surface area contributed by atoms with Crippen LogP contribution in [0.2, 0.25) is 0 Å². The monoisotopic (exact) mass is 397 g/mol. The molecular weight excluding hydrogens is 381 g/mol. The number of thioether (sulfide) groups is 1. The Hall–Kier alpha value is -3.20. The molecule has 0 atom stereocenters. The number of nitrogens with zero attached hydrogens (tertiary/aromatic N) is 4. The minimum absolute atomic E-state index is 0.0573. The van der Waals surface area contributed by atoms with E-state index in [4.69, 9.17) is 0 Å². The zero-order valence-electron chi connectivity index (χ0n) is 14.7. The van der Waals surface area contributed by atoms with Crippen molar-refractivity contribution in [1.29, 1.82) is 0 Å². The number of benzene rings is 2. The summed E-state index contributed by atoms with van der Waals surface area (Å²) in [5.74, 6) is -0.0217. The first kappa shape index (κ1) is 18.2. The summed E-state index contributed by atoms with van der Waals surface area (Å²) in [7, 11) is 0. The zero-order chi connectivity index (χ0) is 19.5. The molecule has 142 valence electrons. The molecule has 0 aliphatic carbocycles. The molecule has 1 N–H and O–H groups in total. The second-order valence-corrected chi connectivity index (χ2v) is 6.99. The van der Waals surface area contributed by atoms with E-state index in [1.165, 1.54) is 28.8 Å². The fourth-order valence-corrected chi connectivity index (χ4v) is 3.70. The number of aromatic nitrogens is 3. The topological polar surface area (TPSA) is 80.1 Å². The van der Waals surface area contributed by atoms with E-state index in [-0.39, 0.29) is 23.5 Å². The summed E-state index contributed by atoms with van der Waals surface area (Å²) in [5.41, 5.74) is 1.52. The third-order valence-electron chi connectivity index (χ3n) is 4.23. The van der Waals surface area contributed by atoms with Crippen LogP contribution >= 0.6 is 11.8 Å². The normalized spacial score (nSPS) is 13.6. The molecule has 1 fully saturated rings. The molecule has 1 aromatic heterocycles. The van der Waals surface area contributed by atoms with Crippen molar-refractivity contribution in [1.82, 2.24) is 25.0 Å². The maximum atomic E-state index is 13.3. The molecule has 0 saturated carbocycles. The highest BCUT2D eigenvalue weighted by molar-refractivity contribution is 7.99. The van der Waals surface area contributed by atoms with Crippen molar-refractivity contribution >= 4 is 23.7 Å². The molecule has 0 radical (unpaired) electrons. The molecule has 0 bridgehead atoms. The Bertz CT molecular complexity index is 1010. The van der Waals surface area contributed by atoms with Gasteiger partial charge in [0.1, 0.15) is 5.82 Å². The highest BCUT2D eigenvalue weighted by atomic mass is 32.2. The number of nitrogens with one attached hydrogen (secondary N) is 1. The predicted molar refractivity (Wildman–Crippen MR) is 103 cm³/mol. The molecule has 4 rings (SSSR count). The van der Waals surface area contributed by atoms with Crippen LogP contribution in [0, 0.1) is 5.82 Å². The second-order valence-electron chi connectivity index (χ2n) is 6.05. The van der Waals surface area contributed by atoms with Gasteiger partial charge in [-0.15, -0.1) is 10.2 Å². The minimum atomic E-state index is -0.373. The van der Waals surface area contributed by atoms with E-state index >= 15 is 0 Å². The number of para-hydroxylation sites is 1. The third-order valence-corrected chi connectivity index (χ3v) is 5.15. The van der Waals surface area contributed by atoms with Crippen LogP contribution in [0.1, 0.15) is 0 Å². The fourth-order valence-electron chi connectivity index (χ4n) is 2.87. The predicted octanol–water partition coefficient (Wildman–Crippen LogP) is 2.72. The van der Waals surface area contributed by atoms with E-state index in [0.717, 1.165) is 5.69 Å². The molecular formula is C19H16FN5O2S. The standard InChI is InChI=1S/C19H16FN5O2S/c20-14-8-6-13(7-9-14)17-22-23-19(25(17)15-4-2-1-3-5-15)28-12-16(26)24-11-10-21-18(24)27/h1-9H,10-12H2,(H,21,27). The van der Waals surface area contributed by atoms with E-state index in [2.05, 4.69) is 15.5 Å². The van der Waals surface area contributed by atoms with Crippen molar-refractivity contribution in [2.24, 2.45) is 0 Å². The number of imide groups is 1. The number of carbonyl (C=O) groups excluding carboxylic acids is 2. The van der Waals surface area contributed by atoms with Gasteiger partial charge in [0.25, 0.3) is 0 Å². The number of carbonyl (C=O) groups is 2. The van der Waals surface area contributed by atoms with Crippen molar-refractivity contribution in [2.75, 3.05) is 18.8 Å². The Balaban J connectivity index is 1.64. The van der Waals surface area contributed by atoms with Gasteiger partial charge >= 0.3 is 6.03 Å². The summed E-state index contributed by atoms with van der Waals surface area (Å²) in [6, 6.07) is 15.1. The van der Waals surface area contributed by atoms with Gasteiger partial charge < -0.3 is 5.32 Å². The van der Waals surface area contributed by atoms with Crippen molar-refractivity contribution in [3.05, 3.63) is 60.4 Å². The molecule has 0 unspecified atom stereocenters. The maximum absolute atomic E-state index is 13.3. The van der Waals surface area contributed by atoms with Crippen LogP contribution in [-0.2, 0) is 4.79 Å². The SMILES string of the molecule is O=C(CSc1nnc(-c2ccc(F)cc2)n1-c1ccccc1)N1CCNC1=O. The van der Waals surface area contributed by atoms with Crippen molar-refractivity contribution in [2.45, 2.75) is 5.16 Å². The summed E-state index contributed by atoms with van der Waals surface area (Å²) >= 11 is 1.20. The molecule has 28 heavy (non-hydrogen) atoms. The average Bonchev–Trinajstić information content (AvgIpc) is 3.33. The van der Waals surface area contributed by atoms with Gasteiger partial charge in [0.05, 0.1) is 5.75 Å². The summed E-state index contributed by atoms with van der Waals surface area (Å²) in [6.45, 7) is 0.828. The first-order valence-electron chi connectivity index (χ1n) is 8.61. The molecule has 7 nitrogen and oxygen atoms in total. The molecule has 1 saturated heterocycles. The van der Waals surface area contributed by atoms with Gasteiger partial charge in [0, 0.05) is 24.3 Å².